The largest absolute Gasteiger partial charge is 0.392 e. The van der Waals surface area contributed by atoms with Gasteiger partial charge in [0, 0.05) is 12.6 Å². The van der Waals surface area contributed by atoms with Crippen molar-refractivity contribution in [1.82, 2.24) is 5.32 Å². The Morgan fingerprint density at radius 2 is 2.19 bits per heavy atom. The normalized spacial score (nSPS) is 26.2. The van der Waals surface area contributed by atoms with Crippen LogP contribution in [0.3, 0.4) is 0 Å². The maximum absolute atomic E-state index is 9.35. The first-order valence-electron chi connectivity index (χ1n) is 6.17. The summed E-state index contributed by atoms with van der Waals surface area (Å²) in [4.78, 5) is 0. The van der Waals surface area contributed by atoms with Gasteiger partial charge in [0.15, 0.2) is 0 Å². The molecule has 0 aromatic heterocycles. The Labute approximate surface area is 97.7 Å². The lowest BCUT2D eigenvalue weighted by Crippen LogP contribution is -2.35. The average Bonchev–Trinajstić information content (AvgIpc) is 2.27. The molecule has 88 valence electrons. The van der Waals surface area contributed by atoms with Crippen LogP contribution in [0, 0.1) is 5.92 Å². The van der Waals surface area contributed by atoms with Gasteiger partial charge in [-0.15, -0.1) is 0 Å². The molecule has 0 bridgehead atoms. The molecule has 1 aliphatic carbocycles. The summed E-state index contributed by atoms with van der Waals surface area (Å²) >= 11 is 0. The zero-order valence-corrected chi connectivity index (χ0v) is 10.1. The first kappa shape index (κ1) is 11.6. The lowest BCUT2D eigenvalue weighted by Gasteiger charge is -2.32. The molecule has 0 saturated heterocycles. The van der Waals surface area contributed by atoms with Crippen molar-refractivity contribution in [2.45, 2.75) is 38.8 Å². The van der Waals surface area contributed by atoms with Gasteiger partial charge in [0.2, 0.25) is 0 Å². The van der Waals surface area contributed by atoms with Crippen LogP contribution in [0.25, 0.3) is 0 Å². The number of nitrogens with one attached hydrogen (secondary N) is 1. The van der Waals surface area contributed by atoms with Crippen LogP contribution >= 0.6 is 0 Å². The third kappa shape index (κ3) is 2.45. The number of benzene rings is 1. The molecule has 0 aliphatic heterocycles. The minimum Gasteiger partial charge on any atom is -0.392 e. The minimum atomic E-state index is -0.277. The molecular formula is C14H21NO. The van der Waals surface area contributed by atoms with E-state index in [-0.39, 0.29) is 6.10 Å². The van der Waals surface area contributed by atoms with E-state index in [9.17, 15) is 5.11 Å². The van der Waals surface area contributed by atoms with Crippen molar-refractivity contribution in [2.75, 3.05) is 6.54 Å². The van der Waals surface area contributed by atoms with Crippen LogP contribution in [-0.2, 0) is 6.42 Å². The van der Waals surface area contributed by atoms with Crippen molar-refractivity contribution in [2.24, 2.45) is 5.92 Å². The Balaban J connectivity index is 2.16. The molecule has 2 rings (SSSR count). The molecule has 0 heterocycles. The van der Waals surface area contributed by atoms with Crippen LogP contribution in [0.2, 0.25) is 0 Å². The van der Waals surface area contributed by atoms with Crippen molar-refractivity contribution in [1.29, 1.82) is 0 Å². The zero-order chi connectivity index (χ0) is 11.5. The van der Waals surface area contributed by atoms with Gasteiger partial charge in [-0.2, -0.15) is 0 Å². The maximum atomic E-state index is 9.35. The standard InChI is InChI=1S/C14H21NO/c1-10-7-8-12-5-3-4-6-13(12)14(10)15-9-11(2)16/h3-6,10-11,14-16H,7-9H2,1-2H3/t10?,11-,14?/m0/s1. The molecule has 0 amide bonds. The number of aryl methyl sites for hydroxylation is 1. The highest BCUT2D eigenvalue weighted by Crippen LogP contribution is 2.33. The predicted molar refractivity (Wildman–Crippen MR) is 66.4 cm³/mol. The van der Waals surface area contributed by atoms with Crippen molar-refractivity contribution < 1.29 is 5.11 Å². The summed E-state index contributed by atoms with van der Waals surface area (Å²) in [5, 5.41) is 12.8. The highest BCUT2D eigenvalue weighted by Gasteiger charge is 2.25. The molecule has 0 spiro atoms. The van der Waals surface area contributed by atoms with Crippen LogP contribution in [0.5, 0.6) is 0 Å². The summed E-state index contributed by atoms with van der Waals surface area (Å²) in [5.74, 6) is 0.647. The van der Waals surface area contributed by atoms with E-state index in [0.717, 1.165) is 0 Å². The first-order chi connectivity index (χ1) is 7.68. The molecule has 2 N–H and O–H groups in total. The highest BCUT2D eigenvalue weighted by molar-refractivity contribution is 5.32. The molecule has 1 aromatic rings. The third-order valence-corrected chi connectivity index (χ3v) is 3.46. The number of hydrogen-bond acceptors (Lipinski definition) is 2. The SMILES string of the molecule is CC1CCc2ccccc2C1NC[C@H](C)O. The molecule has 2 heteroatoms. The van der Waals surface area contributed by atoms with Gasteiger partial charge >= 0.3 is 0 Å². The van der Waals surface area contributed by atoms with Crippen LogP contribution in [-0.4, -0.2) is 17.8 Å². The Morgan fingerprint density at radius 3 is 2.94 bits per heavy atom. The quantitative estimate of drug-likeness (QED) is 0.817. The molecule has 0 saturated carbocycles. The molecule has 2 unspecified atom stereocenters. The van der Waals surface area contributed by atoms with E-state index < -0.39 is 0 Å². The predicted octanol–water partition coefficient (Wildman–Crippen LogP) is 2.28. The van der Waals surface area contributed by atoms with E-state index in [0.29, 0.717) is 18.5 Å². The number of fused-ring (bicyclic) bond motifs is 1. The van der Waals surface area contributed by atoms with Gasteiger partial charge in [0.05, 0.1) is 6.10 Å². The summed E-state index contributed by atoms with van der Waals surface area (Å²) in [6, 6.07) is 9.05. The number of aliphatic hydroxyl groups is 1. The second-order valence-corrected chi connectivity index (χ2v) is 4.95. The summed E-state index contributed by atoms with van der Waals surface area (Å²) < 4.78 is 0. The van der Waals surface area contributed by atoms with Crippen molar-refractivity contribution in [3.63, 3.8) is 0 Å². The molecule has 2 nitrogen and oxygen atoms in total. The van der Waals surface area contributed by atoms with Gasteiger partial charge in [-0.05, 0) is 36.8 Å². The van der Waals surface area contributed by atoms with Crippen molar-refractivity contribution >= 4 is 0 Å². The molecule has 16 heavy (non-hydrogen) atoms. The summed E-state index contributed by atoms with van der Waals surface area (Å²) in [6.07, 6.45) is 2.14. The van der Waals surface area contributed by atoms with E-state index in [2.05, 4.69) is 36.5 Å². The second kappa shape index (κ2) is 4.98. The minimum absolute atomic E-state index is 0.277. The number of rotatable bonds is 3. The van der Waals surface area contributed by atoms with E-state index in [1.54, 1.807) is 0 Å². The van der Waals surface area contributed by atoms with E-state index >= 15 is 0 Å². The molecule has 3 atom stereocenters. The monoisotopic (exact) mass is 219 g/mol. The van der Waals surface area contributed by atoms with Gasteiger partial charge in [0.25, 0.3) is 0 Å². The fourth-order valence-corrected chi connectivity index (χ4v) is 2.53. The highest BCUT2D eigenvalue weighted by atomic mass is 16.3. The van der Waals surface area contributed by atoms with Crippen molar-refractivity contribution in [3.8, 4) is 0 Å². The van der Waals surface area contributed by atoms with Crippen LogP contribution in [0.4, 0.5) is 0 Å². The lowest BCUT2D eigenvalue weighted by molar-refractivity contribution is 0.178. The zero-order valence-electron chi connectivity index (χ0n) is 10.1. The van der Waals surface area contributed by atoms with Gasteiger partial charge < -0.3 is 10.4 Å². The molecule has 1 aromatic carbocycles. The van der Waals surface area contributed by atoms with Crippen LogP contribution in [0.1, 0.15) is 37.4 Å². The Hall–Kier alpha value is -0.860. The van der Waals surface area contributed by atoms with E-state index in [1.165, 1.54) is 24.0 Å². The summed E-state index contributed by atoms with van der Waals surface area (Å²) in [5.41, 5.74) is 2.88. The van der Waals surface area contributed by atoms with E-state index in [1.807, 2.05) is 6.92 Å². The second-order valence-electron chi connectivity index (χ2n) is 4.95. The fraction of sp³-hybridized carbons (Fsp3) is 0.571. The average molecular weight is 219 g/mol. The van der Waals surface area contributed by atoms with Crippen LogP contribution < -0.4 is 5.32 Å². The van der Waals surface area contributed by atoms with Gasteiger partial charge in [-0.3, -0.25) is 0 Å². The third-order valence-electron chi connectivity index (χ3n) is 3.46. The van der Waals surface area contributed by atoms with E-state index in [4.69, 9.17) is 0 Å². The Kier molecular flexibility index (Phi) is 3.62. The van der Waals surface area contributed by atoms with Gasteiger partial charge in [-0.1, -0.05) is 31.2 Å². The lowest BCUT2D eigenvalue weighted by atomic mass is 9.80. The first-order valence-corrected chi connectivity index (χ1v) is 6.17. The van der Waals surface area contributed by atoms with Gasteiger partial charge in [-0.25, -0.2) is 0 Å². The molecule has 0 fully saturated rings. The Morgan fingerprint density at radius 1 is 1.44 bits per heavy atom. The Bertz CT molecular complexity index is 348. The molecule has 0 radical (unpaired) electrons. The number of hydrogen-bond donors (Lipinski definition) is 2. The van der Waals surface area contributed by atoms with Crippen molar-refractivity contribution in [3.05, 3.63) is 35.4 Å². The smallest absolute Gasteiger partial charge is 0.0636 e. The summed E-state index contributed by atoms with van der Waals surface area (Å²) in [6.45, 7) is 4.78. The molecule has 1 aliphatic rings. The van der Waals surface area contributed by atoms with Crippen LogP contribution in [0.15, 0.2) is 24.3 Å². The summed E-state index contributed by atoms with van der Waals surface area (Å²) in [7, 11) is 0. The number of aliphatic hydroxyl groups excluding tert-OH is 1. The fourth-order valence-electron chi connectivity index (χ4n) is 2.53. The molecular weight excluding hydrogens is 198 g/mol. The maximum Gasteiger partial charge on any atom is 0.0636 e. The topological polar surface area (TPSA) is 32.3 Å². The van der Waals surface area contributed by atoms with Gasteiger partial charge in [0.1, 0.15) is 0 Å².